The zero-order valence-corrected chi connectivity index (χ0v) is 19.3. The smallest absolute Gasteiger partial charge is 0.260 e. The minimum atomic E-state index is -0.503. The molecule has 0 aliphatic heterocycles. The summed E-state index contributed by atoms with van der Waals surface area (Å²) >= 11 is 13.0. The van der Waals surface area contributed by atoms with Crippen molar-refractivity contribution in [3.05, 3.63) is 117 Å². The molecule has 1 heterocycles. The molecule has 1 unspecified atom stereocenters. The van der Waals surface area contributed by atoms with E-state index in [0.29, 0.717) is 34.1 Å². The molecule has 0 aliphatic rings. The van der Waals surface area contributed by atoms with E-state index in [4.69, 9.17) is 23.2 Å². The number of aryl methyl sites for hydroxylation is 1. The van der Waals surface area contributed by atoms with E-state index in [1.165, 1.54) is 0 Å². The maximum absolute atomic E-state index is 13.0. The molecule has 5 nitrogen and oxygen atoms in total. The van der Waals surface area contributed by atoms with Gasteiger partial charge in [-0.05, 0) is 35.7 Å². The number of amides is 1. The lowest BCUT2D eigenvalue weighted by Crippen LogP contribution is -2.13. The fraction of sp³-hybridized carbons (Fsp3) is 0.115. The van der Waals surface area contributed by atoms with E-state index < -0.39 is 5.92 Å². The van der Waals surface area contributed by atoms with Crippen molar-refractivity contribution in [2.75, 3.05) is 5.32 Å². The number of carbonyl (C=O) groups is 1. The average molecular weight is 475 g/mol. The van der Waals surface area contributed by atoms with Crippen molar-refractivity contribution in [2.45, 2.75) is 19.4 Å². The lowest BCUT2D eigenvalue weighted by Gasteiger charge is -2.13. The number of nitrogens with zero attached hydrogens (tertiary/aromatic N) is 3. The molecule has 1 amide bonds. The van der Waals surface area contributed by atoms with Crippen LogP contribution in [-0.2, 0) is 6.54 Å². The van der Waals surface area contributed by atoms with Crippen LogP contribution in [-0.4, -0.2) is 15.7 Å². The topological polar surface area (TPSA) is 70.7 Å². The second-order valence-corrected chi connectivity index (χ2v) is 8.32. The van der Waals surface area contributed by atoms with Crippen LogP contribution in [0.2, 0.25) is 10.2 Å². The Bertz CT molecular complexity index is 1330. The molecule has 4 aromatic rings. The first-order valence-corrected chi connectivity index (χ1v) is 11.1. The van der Waals surface area contributed by atoms with Crippen molar-refractivity contribution in [3.63, 3.8) is 0 Å². The number of benzene rings is 3. The minimum Gasteiger partial charge on any atom is -0.322 e. The number of rotatable bonds is 6. The Balaban J connectivity index is 1.55. The number of anilines is 1. The van der Waals surface area contributed by atoms with Gasteiger partial charge >= 0.3 is 0 Å². The Hall–Kier alpha value is -3.59. The van der Waals surface area contributed by atoms with Gasteiger partial charge in [0.2, 0.25) is 0 Å². The molecule has 7 heteroatoms. The van der Waals surface area contributed by atoms with Gasteiger partial charge in [0.25, 0.3) is 5.91 Å². The third kappa shape index (κ3) is 4.93. The van der Waals surface area contributed by atoms with Gasteiger partial charge in [-0.2, -0.15) is 10.4 Å². The summed E-state index contributed by atoms with van der Waals surface area (Å²) in [7, 11) is 0. The Morgan fingerprint density at radius 2 is 1.73 bits per heavy atom. The van der Waals surface area contributed by atoms with Crippen molar-refractivity contribution in [3.8, 4) is 6.07 Å². The van der Waals surface area contributed by atoms with Crippen molar-refractivity contribution in [1.82, 2.24) is 9.78 Å². The molecule has 0 bridgehead atoms. The molecule has 33 heavy (non-hydrogen) atoms. The van der Waals surface area contributed by atoms with Gasteiger partial charge in [0.1, 0.15) is 5.15 Å². The maximum Gasteiger partial charge on any atom is 0.260 e. The quantitative estimate of drug-likeness (QED) is 0.348. The molecule has 4 rings (SSSR count). The highest BCUT2D eigenvalue weighted by atomic mass is 35.5. The van der Waals surface area contributed by atoms with Crippen LogP contribution in [0.1, 0.15) is 38.7 Å². The summed E-state index contributed by atoms with van der Waals surface area (Å²) in [5, 5.41) is 17.6. The van der Waals surface area contributed by atoms with Crippen molar-refractivity contribution >= 4 is 34.8 Å². The van der Waals surface area contributed by atoms with Gasteiger partial charge < -0.3 is 5.32 Å². The summed E-state index contributed by atoms with van der Waals surface area (Å²) in [6.07, 6.45) is 0. The Morgan fingerprint density at radius 1 is 1.06 bits per heavy atom. The minimum absolute atomic E-state index is 0.269. The normalized spacial score (nSPS) is 11.6. The number of hydrogen-bond acceptors (Lipinski definition) is 3. The van der Waals surface area contributed by atoms with E-state index in [1.54, 1.807) is 29.8 Å². The fourth-order valence-corrected chi connectivity index (χ4v) is 4.28. The lowest BCUT2D eigenvalue weighted by atomic mass is 9.92. The van der Waals surface area contributed by atoms with Crippen LogP contribution in [0, 0.1) is 18.3 Å². The van der Waals surface area contributed by atoms with Crippen LogP contribution in [0.3, 0.4) is 0 Å². The van der Waals surface area contributed by atoms with E-state index in [0.717, 1.165) is 11.1 Å². The van der Waals surface area contributed by atoms with E-state index in [9.17, 15) is 10.1 Å². The summed E-state index contributed by atoms with van der Waals surface area (Å²) in [5.41, 5.74) is 3.91. The van der Waals surface area contributed by atoms with Crippen LogP contribution in [0.25, 0.3) is 0 Å². The van der Waals surface area contributed by atoms with Gasteiger partial charge in [-0.15, -0.1) is 0 Å². The molecular formula is C26H20Cl2N4O. The second-order valence-electron chi connectivity index (χ2n) is 7.56. The summed E-state index contributed by atoms with van der Waals surface area (Å²) in [5.74, 6) is -0.878. The number of aromatic nitrogens is 2. The zero-order chi connectivity index (χ0) is 23.4. The van der Waals surface area contributed by atoms with Gasteiger partial charge in [-0.1, -0.05) is 89.9 Å². The molecule has 0 radical (unpaired) electrons. The predicted molar refractivity (Wildman–Crippen MR) is 131 cm³/mol. The highest BCUT2D eigenvalue weighted by Crippen LogP contribution is 2.32. The number of halogens is 2. The fourth-order valence-electron chi connectivity index (χ4n) is 3.67. The molecule has 0 saturated heterocycles. The van der Waals surface area contributed by atoms with Crippen molar-refractivity contribution in [1.29, 1.82) is 5.26 Å². The first kappa shape index (κ1) is 22.6. The van der Waals surface area contributed by atoms with Gasteiger partial charge in [-0.3, -0.25) is 4.79 Å². The van der Waals surface area contributed by atoms with E-state index in [-0.39, 0.29) is 11.1 Å². The molecule has 0 aliphatic carbocycles. The van der Waals surface area contributed by atoms with Crippen LogP contribution in [0.5, 0.6) is 0 Å². The van der Waals surface area contributed by atoms with Gasteiger partial charge in [-0.25, -0.2) is 4.68 Å². The first-order valence-electron chi connectivity index (χ1n) is 10.3. The molecular weight excluding hydrogens is 455 g/mol. The van der Waals surface area contributed by atoms with E-state index in [2.05, 4.69) is 16.5 Å². The number of nitriles is 1. The highest BCUT2D eigenvalue weighted by Gasteiger charge is 2.22. The van der Waals surface area contributed by atoms with Crippen LogP contribution >= 0.6 is 23.2 Å². The molecule has 1 N–H and O–H groups in total. The van der Waals surface area contributed by atoms with Crippen molar-refractivity contribution in [2.24, 2.45) is 0 Å². The Labute approximate surface area is 202 Å². The van der Waals surface area contributed by atoms with Gasteiger partial charge in [0.05, 0.1) is 29.8 Å². The van der Waals surface area contributed by atoms with Gasteiger partial charge in [0, 0.05) is 10.7 Å². The number of nitrogens with one attached hydrogen (secondary N) is 1. The highest BCUT2D eigenvalue weighted by molar-refractivity contribution is 6.34. The second kappa shape index (κ2) is 9.91. The SMILES string of the molecule is Cc1nn(Cc2ccccc2)c(Cl)c1C(=O)Nc1ccc(C(C#N)c2ccccc2)c(Cl)c1. The van der Waals surface area contributed by atoms with E-state index in [1.807, 2.05) is 60.7 Å². The summed E-state index contributed by atoms with van der Waals surface area (Å²) in [4.78, 5) is 13.0. The summed E-state index contributed by atoms with van der Waals surface area (Å²) < 4.78 is 1.61. The zero-order valence-electron chi connectivity index (χ0n) is 17.8. The third-order valence-electron chi connectivity index (χ3n) is 5.30. The standard InChI is InChI=1S/C26H20Cl2N4O/c1-17-24(25(28)32(31-17)16-18-8-4-2-5-9-18)26(33)30-20-12-13-21(23(27)14-20)22(15-29)19-10-6-3-7-11-19/h2-14,22H,16H2,1H3,(H,30,33). The van der Waals surface area contributed by atoms with Crippen LogP contribution in [0.4, 0.5) is 5.69 Å². The molecule has 1 atom stereocenters. The Morgan fingerprint density at radius 3 is 2.36 bits per heavy atom. The maximum atomic E-state index is 13.0. The van der Waals surface area contributed by atoms with Crippen LogP contribution in [0.15, 0.2) is 78.9 Å². The predicted octanol–water partition coefficient (Wildman–Crippen LogP) is 6.45. The number of hydrogen-bond donors (Lipinski definition) is 1. The van der Waals surface area contributed by atoms with Gasteiger partial charge in [0.15, 0.2) is 0 Å². The monoisotopic (exact) mass is 474 g/mol. The van der Waals surface area contributed by atoms with E-state index >= 15 is 0 Å². The lowest BCUT2D eigenvalue weighted by molar-refractivity contribution is 0.102. The molecule has 0 fully saturated rings. The molecule has 164 valence electrons. The molecule has 0 saturated carbocycles. The van der Waals surface area contributed by atoms with Crippen molar-refractivity contribution < 1.29 is 4.79 Å². The first-order chi connectivity index (χ1) is 16.0. The van der Waals surface area contributed by atoms with Crippen LogP contribution < -0.4 is 5.32 Å². The molecule has 1 aromatic heterocycles. The molecule has 3 aromatic carbocycles. The average Bonchev–Trinajstić information content (AvgIpc) is 3.09. The summed E-state index contributed by atoms with van der Waals surface area (Å²) in [6.45, 7) is 2.21. The largest absolute Gasteiger partial charge is 0.322 e. The third-order valence-corrected chi connectivity index (χ3v) is 6.01. The summed E-state index contributed by atoms with van der Waals surface area (Å²) in [6, 6.07) is 26.6. The molecule has 0 spiro atoms. The number of carbonyl (C=O) groups excluding carboxylic acids is 1. The Kier molecular flexibility index (Phi) is 6.79.